The molecule has 2 aliphatic heterocycles. The van der Waals surface area contributed by atoms with E-state index in [0.29, 0.717) is 12.1 Å². The summed E-state index contributed by atoms with van der Waals surface area (Å²) in [7, 11) is 0. The summed E-state index contributed by atoms with van der Waals surface area (Å²) in [5.41, 5.74) is 1.17. The lowest BCUT2D eigenvalue weighted by atomic mass is 9.92. The monoisotopic (exact) mass is 400 g/mol. The van der Waals surface area contributed by atoms with Gasteiger partial charge in [-0.1, -0.05) is 12.1 Å². The molecule has 0 aliphatic carbocycles. The molecule has 1 amide bonds. The van der Waals surface area contributed by atoms with E-state index in [4.69, 9.17) is 4.42 Å². The predicted octanol–water partition coefficient (Wildman–Crippen LogP) is 2.40. The maximum atomic E-state index is 12.6. The number of amides is 1. The molecule has 7 heteroatoms. The van der Waals surface area contributed by atoms with Crippen molar-refractivity contribution in [3.8, 4) is 0 Å². The van der Waals surface area contributed by atoms with Gasteiger partial charge in [-0.05, 0) is 58.2 Å². The van der Waals surface area contributed by atoms with Gasteiger partial charge in [0.2, 0.25) is 5.91 Å². The molecule has 0 unspecified atom stereocenters. The van der Waals surface area contributed by atoms with Gasteiger partial charge in [-0.2, -0.15) is 4.98 Å². The lowest BCUT2D eigenvalue weighted by Gasteiger charge is -2.42. The summed E-state index contributed by atoms with van der Waals surface area (Å²) in [6.07, 6.45) is 4.07. The van der Waals surface area contributed by atoms with Crippen LogP contribution in [0.4, 0.5) is 6.01 Å². The Morgan fingerprint density at radius 1 is 1.24 bits per heavy atom. The summed E-state index contributed by atoms with van der Waals surface area (Å²) in [6, 6.07) is 9.09. The number of rotatable bonds is 5. The number of aliphatic hydroxyl groups excluding tert-OH is 1. The minimum atomic E-state index is -0.565. The number of hydrogen-bond acceptors (Lipinski definition) is 6. The smallest absolute Gasteiger partial charge is 0.298 e. The van der Waals surface area contributed by atoms with Gasteiger partial charge < -0.3 is 19.7 Å². The first-order valence-electron chi connectivity index (χ1n) is 10.7. The van der Waals surface area contributed by atoms with Crippen molar-refractivity contribution in [3.63, 3.8) is 0 Å². The van der Waals surface area contributed by atoms with Gasteiger partial charge in [-0.3, -0.25) is 9.69 Å². The molecule has 2 saturated heterocycles. The van der Waals surface area contributed by atoms with Crippen LogP contribution in [-0.4, -0.2) is 65.3 Å². The molecule has 0 spiro atoms. The van der Waals surface area contributed by atoms with E-state index in [1.807, 2.05) is 38.1 Å². The van der Waals surface area contributed by atoms with Crippen molar-refractivity contribution < 1.29 is 14.3 Å². The van der Waals surface area contributed by atoms with Crippen molar-refractivity contribution in [2.24, 2.45) is 5.92 Å². The summed E-state index contributed by atoms with van der Waals surface area (Å²) in [4.78, 5) is 22.0. The number of fused-ring (bicyclic) bond motifs is 1. The van der Waals surface area contributed by atoms with E-state index in [0.717, 1.165) is 63.0 Å². The molecule has 2 fully saturated rings. The Balaban J connectivity index is 1.32. The van der Waals surface area contributed by atoms with Crippen molar-refractivity contribution in [2.75, 3.05) is 37.7 Å². The Hall–Kier alpha value is -2.12. The number of carbonyl (C=O) groups is 1. The first-order valence-corrected chi connectivity index (χ1v) is 10.7. The molecule has 158 valence electrons. The molecule has 2 aliphatic rings. The lowest BCUT2D eigenvalue weighted by molar-refractivity contribution is -0.129. The maximum Gasteiger partial charge on any atom is 0.298 e. The Morgan fingerprint density at radius 3 is 2.72 bits per heavy atom. The van der Waals surface area contributed by atoms with Crippen LogP contribution in [0, 0.1) is 5.92 Å². The molecule has 1 aromatic heterocycles. The molecule has 2 aromatic rings. The summed E-state index contributed by atoms with van der Waals surface area (Å²) in [5.74, 6) is 0.0716. The Labute approximate surface area is 172 Å². The number of para-hydroxylation sites is 2. The minimum Gasteiger partial charge on any atom is -0.423 e. The highest BCUT2D eigenvalue weighted by atomic mass is 16.4. The van der Waals surface area contributed by atoms with Crippen molar-refractivity contribution in [3.05, 3.63) is 24.3 Å². The standard InChI is InChI=1S/C22H32N4O3/c1-22(2,15-27)24-20(28)16-6-5-11-26(14-16)17-9-12-25(13-10-17)21-23-18-7-3-4-8-19(18)29-21/h3-4,7-8,16-17,27H,5-6,9-15H2,1-2H3,(H,24,28)/t16-/m1/s1. The first kappa shape index (κ1) is 20.2. The SMILES string of the molecule is CC(C)(CO)NC(=O)[C@@H]1CCCN(C2CCN(c3nc4ccccc4o3)CC2)C1. The highest BCUT2D eigenvalue weighted by molar-refractivity contribution is 5.79. The summed E-state index contributed by atoms with van der Waals surface area (Å²) < 4.78 is 5.92. The van der Waals surface area contributed by atoms with Gasteiger partial charge in [0, 0.05) is 25.7 Å². The average Bonchev–Trinajstić information content (AvgIpc) is 3.18. The third kappa shape index (κ3) is 4.56. The van der Waals surface area contributed by atoms with Gasteiger partial charge in [-0.15, -0.1) is 0 Å². The molecule has 4 rings (SSSR count). The van der Waals surface area contributed by atoms with E-state index in [-0.39, 0.29) is 18.4 Å². The predicted molar refractivity (Wildman–Crippen MR) is 113 cm³/mol. The van der Waals surface area contributed by atoms with Gasteiger partial charge in [0.25, 0.3) is 6.01 Å². The number of nitrogens with one attached hydrogen (secondary N) is 1. The number of hydrogen-bond donors (Lipinski definition) is 2. The second kappa shape index (κ2) is 8.32. The van der Waals surface area contributed by atoms with E-state index >= 15 is 0 Å². The highest BCUT2D eigenvalue weighted by Crippen LogP contribution is 2.28. The molecule has 29 heavy (non-hydrogen) atoms. The molecule has 1 atom stereocenters. The number of aromatic nitrogens is 1. The number of likely N-dealkylation sites (tertiary alicyclic amines) is 1. The zero-order valence-corrected chi connectivity index (χ0v) is 17.4. The Morgan fingerprint density at radius 2 is 2.00 bits per heavy atom. The molecular weight excluding hydrogens is 368 g/mol. The van der Waals surface area contributed by atoms with Crippen LogP contribution < -0.4 is 10.2 Å². The number of piperidine rings is 2. The number of oxazole rings is 1. The Kier molecular flexibility index (Phi) is 5.79. The largest absolute Gasteiger partial charge is 0.423 e. The van der Waals surface area contributed by atoms with E-state index in [1.54, 1.807) is 0 Å². The summed E-state index contributed by atoms with van der Waals surface area (Å²) >= 11 is 0. The van der Waals surface area contributed by atoms with Gasteiger partial charge in [-0.25, -0.2) is 0 Å². The normalized spacial score (nSPS) is 22.2. The molecular formula is C22H32N4O3. The topological polar surface area (TPSA) is 81.8 Å². The zero-order chi connectivity index (χ0) is 20.4. The fraction of sp³-hybridized carbons (Fsp3) is 0.636. The Bertz CT molecular complexity index is 808. The molecule has 0 radical (unpaired) electrons. The van der Waals surface area contributed by atoms with E-state index < -0.39 is 5.54 Å². The van der Waals surface area contributed by atoms with Crippen LogP contribution in [0.2, 0.25) is 0 Å². The van der Waals surface area contributed by atoms with Gasteiger partial charge >= 0.3 is 0 Å². The second-order valence-electron chi connectivity index (χ2n) is 9.05. The number of nitrogens with zero attached hydrogens (tertiary/aromatic N) is 3. The summed E-state index contributed by atoms with van der Waals surface area (Å²) in [6.45, 7) is 7.36. The average molecular weight is 401 g/mol. The van der Waals surface area contributed by atoms with Crippen LogP contribution in [0.25, 0.3) is 11.1 Å². The van der Waals surface area contributed by atoms with E-state index in [9.17, 15) is 9.90 Å². The molecule has 0 saturated carbocycles. The quantitative estimate of drug-likeness (QED) is 0.802. The summed E-state index contributed by atoms with van der Waals surface area (Å²) in [5, 5.41) is 12.4. The number of aliphatic hydroxyl groups is 1. The van der Waals surface area contributed by atoms with E-state index in [1.165, 1.54) is 0 Å². The van der Waals surface area contributed by atoms with Crippen LogP contribution in [0.3, 0.4) is 0 Å². The van der Waals surface area contributed by atoms with E-state index in [2.05, 4.69) is 20.1 Å². The molecule has 2 N–H and O–H groups in total. The molecule has 3 heterocycles. The van der Waals surface area contributed by atoms with Crippen LogP contribution in [0.15, 0.2) is 28.7 Å². The third-order valence-electron chi connectivity index (χ3n) is 6.21. The zero-order valence-electron chi connectivity index (χ0n) is 17.4. The van der Waals surface area contributed by atoms with Crippen molar-refractivity contribution in [1.82, 2.24) is 15.2 Å². The number of anilines is 1. The van der Waals surface area contributed by atoms with Crippen LogP contribution in [0.5, 0.6) is 0 Å². The van der Waals surface area contributed by atoms with Crippen molar-refractivity contribution in [2.45, 2.75) is 51.1 Å². The van der Waals surface area contributed by atoms with Crippen molar-refractivity contribution >= 4 is 23.0 Å². The van der Waals surface area contributed by atoms with Crippen LogP contribution in [0.1, 0.15) is 39.5 Å². The highest BCUT2D eigenvalue weighted by Gasteiger charge is 2.33. The first-order chi connectivity index (χ1) is 13.9. The number of benzene rings is 1. The fourth-order valence-electron chi connectivity index (χ4n) is 4.44. The molecule has 1 aromatic carbocycles. The number of carbonyl (C=O) groups excluding carboxylic acids is 1. The molecule has 7 nitrogen and oxygen atoms in total. The van der Waals surface area contributed by atoms with Gasteiger partial charge in [0.15, 0.2) is 5.58 Å². The van der Waals surface area contributed by atoms with Gasteiger partial charge in [0.1, 0.15) is 5.52 Å². The van der Waals surface area contributed by atoms with Crippen molar-refractivity contribution in [1.29, 1.82) is 0 Å². The van der Waals surface area contributed by atoms with Crippen LogP contribution >= 0.6 is 0 Å². The van der Waals surface area contributed by atoms with Crippen LogP contribution in [-0.2, 0) is 4.79 Å². The second-order valence-corrected chi connectivity index (χ2v) is 9.05. The fourth-order valence-corrected chi connectivity index (χ4v) is 4.44. The molecule has 0 bridgehead atoms. The third-order valence-corrected chi connectivity index (χ3v) is 6.21. The maximum absolute atomic E-state index is 12.6. The minimum absolute atomic E-state index is 0.00430. The lowest BCUT2D eigenvalue weighted by Crippen LogP contribution is -2.54. The van der Waals surface area contributed by atoms with Gasteiger partial charge in [0.05, 0.1) is 18.1 Å².